The Hall–Kier alpha value is -3.40. The molecule has 144 valence electrons. The maximum atomic E-state index is 12.8. The van der Waals surface area contributed by atoms with Gasteiger partial charge in [-0.1, -0.05) is 60.7 Å². The first-order chi connectivity index (χ1) is 14.2. The van der Waals surface area contributed by atoms with Gasteiger partial charge in [-0.2, -0.15) is 0 Å². The second-order valence-electron chi connectivity index (χ2n) is 7.58. The van der Waals surface area contributed by atoms with Crippen molar-refractivity contribution >= 4 is 11.9 Å². The van der Waals surface area contributed by atoms with Crippen LogP contribution in [0.1, 0.15) is 46.0 Å². The summed E-state index contributed by atoms with van der Waals surface area (Å²) in [6.07, 6.45) is 1.17. The molecule has 1 aliphatic carbocycles. The monoisotopic (exact) mass is 383 g/mol. The van der Waals surface area contributed by atoms with E-state index >= 15 is 0 Å². The van der Waals surface area contributed by atoms with Crippen LogP contribution in [0, 0.1) is 0 Å². The number of fused-ring (bicyclic) bond motifs is 3. The molecule has 4 nitrogen and oxygen atoms in total. The summed E-state index contributed by atoms with van der Waals surface area (Å²) in [5.41, 5.74) is 5.81. The molecule has 4 heteroatoms. The first-order valence-corrected chi connectivity index (χ1v) is 9.96. The zero-order valence-electron chi connectivity index (χ0n) is 16.0. The van der Waals surface area contributed by atoms with Crippen LogP contribution in [-0.4, -0.2) is 23.3 Å². The number of hydrogen-bond acceptors (Lipinski definition) is 3. The number of rotatable bonds is 4. The number of carbonyl (C=O) groups is 2. The van der Waals surface area contributed by atoms with E-state index in [-0.39, 0.29) is 11.9 Å². The molecule has 0 unspecified atom stereocenters. The van der Waals surface area contributed by atoms with Crippen LogP contribution in [0.2, 0.25) is 0 Å². The summed E-state index contributed by atoms with van der Waals surface area (Å²) < 4.78 is 5.94. The van der Waals surface area contributed by atoms with Crippen molar-refractivity contribution in [3.05, 3.63) is 95.1 Å². The van der Waals surface area contributed by atoms with Crippen molar-refractivity contribution in [2.75, 3.05) is 6.54 Å². The van der Waals surface area contributed by atoms with E-state index in [0.717, 1.165) is 40.8 Å². The highest BCUT2D eigenvalue weighted by atomic mass is 16.5. The molecule has 2 aliphatic rings. The fraction of sp³-hybridized carbons (Fsp3) is 0.200. The van der Waals surface area contributed by atoms with Gasteiger partial charge in [0.2, 0.25) is 5.91 Å². The Balaban J connectivity index is 1.35. The quantitative estimate of drug-likeness (QED) is 0.612. The van der Waals surface area contributed by atoms with Crippen LogP contribution in [0.3, 0.4) is 0 Å². The molecule has 29 heavy (non-hydrogen) atoms. The molecular weight excluding hydrogens is 362 g/mol. The fourth-order valence-corrected chi connectivity index (χ4v) is 4.25. The summed E-state index contributed by atoms with van der Waals surface area (Å²) in [6.45, 7) is 1.40. The molecule has 0 N–H and O–H groups in total. The van der Waals surface area contributed by atoms with Crippen LogP contribution in [0.4, 0.5) is 0 Å². The molecule has 0 atom stereocenters. The Morgan fingerprint density at radius 2 is 1.52 bits per heavy atom. The number of carbonyl (C=O) groups excluding carboxylic acids is 2. The normalized spacial score (nSPS) is 15.3. The third-order valence-electron chi connectivity index (χ3n) is 5.74. The molecule has 0 bridgehead atoms. The lowest BCUT2D eigenvalue weighted by Gasteiger charge is -2.17. The van der Waals surface area contributed by atoms with Crippen molar-refractivity contribution < 1.29 is 14.3 Å². The van der Waals surface area contributed by atoms with Gasteiger partial charge in [0.15, 0.2) is 6.10 Å². The second-order valence-corrected chi connectivity index (χ2v) is 7.58. The topological polar surface area (TPSA) is 46.6 Å². The summed E-state index contributed by atoms with van der Waals surface area (Å²) in [4.78, 5) is 26.5. The molecular formula is C25H21NO3. The second kappa shape index (κ2) is 7.21. The standard InChI is InChI=1S/C25H21NO3/c27-23-10-5-15-26(23)16-17-11-13-18(14-12-17)25(28)29-24-21-8-3-1-6-19(21)20-7-2-4-9-22(20)24/h1-4,6-9,11-14,24H,5,10,15-16H2. The molecule has 0 spiro atoms. The number of esters is 1. The molecule has 1 aliphatic heterocycles. The van der Waals surface area contributed by atoms with Gasteiger partial charge in [0.05, 0.1) is 5.56 Å². The van der Waals surface area contributed by atoms with Crippen molar-refractivity contribution in [2.45, 2.75) is 25.5 Å². The summed E-state index contributed by atoms with van der Waals surface area (Å²) >= 11 is 0. The average molecular weight is 383 g/mol. The maximum absolute atomic E-state index is 12.8. The summed E-state index contributed by atoms with van der Waals surface area (Å²) in [6, 6.07) is 23.5. The van der Waals surface area contributed by atoms with E-state index in [0.29, 0.717) is 18.5 Å². The Morgan fingerprint density at radius 3 is 2.10 bits per heavy atom. The fourth-order valence-electron chi connectivity index (χ4n) is 4.25. The molecule has 0 aromatic heterocycles. The van der Waals surface area contributed by atoms with Crippen LogP contribution in [0.5, 0.6) is 0 Å². The number of benzene rings is 3. The van der Waals surface area contributed by atoms with Crippen LogP contribution in [0.15, 0.2) is 72.8 Å². The summed E-state index contributed by atoms with van der Waals surface area (Å²) in [5, 5.41) is 0. The van der Waals surface area contributed by atoms with E-state index in [4.69, 9.17) is 4.74 Å². The minimum atomic E-state index is -0.392. The number of hydrogen-bond donors (Lipinski definition) is 0. The minimum absolute atomic E-state index is 0.201. The highest BCUT2D eigenvalue weighted by Crippen LogP contribution is 2.45. The van der Waals surface area contributed by atoms with Crippen LogP contribution < -0.4 is 0 Å². The van der Waals surface area contributed by atoms with Gasteiger partial charge in [-0.25, -0.2) is 4.79 Å². The Labute approximate surface area is 169 Å². The van der Waals surface area contributed by atoms with Gasteiger partial charge in [0.25, 0.3) is 0 Å². The van der Waals surface area contributed by atoms with E-state index in [1.165, 1.54) is 0 Å². The van der Waals surface area contributed by atoms with E-state index in [1.54, 1.807) is 12.1 Å². The van der Waals surface area contributed by atoms with Gasteiger partial charge in [-0.05, 0) is 35.2 Å². The van der Waals surface area contributed by atoms with E-state index < -0.39 is 6.10 Å². The zero-order valence-corrected chi connectivity index (χ0v) is 16.0. The SMILES string of the molecule is O=C(OC1c2ccccc2-c2ccccc21)c1ccc(CN2CCCC2=O)cc1. The largest absolute Gasteiger partial charge is 0.449 e. The van der Waals surface area contributed by atoms with E-state index in [9.17, 15) is 9.59 Å². The lowest BCUT2D eigenvalue weighted by atomic mass is 10.1. The van der Waals surface area contributed by atoms with Crippen LogP contribution >= 0.6 is 0 Å². The Bertz CT molecular complexity index is 1040. The molecule has 5 rings (SSSR count). The van der Waals surface area contributed by atoms with E-state index in [1.807, 2.05) is 53.4 Å². The number of ether oxygens (including phenoxy) is 1. The molecule has 0 radical (unpaired) electrons. The van der Waals surface area contributed by atoms with Crippen molar-refractivity contribution in [3.63, 3.8) is 0 Å². The van der Waals surface area contributed by atoms with Gasteiger partial charge in [0.1, 0.15) is 0 Å². The lowest BCUT2D eigenvalue weighted by molar-refractivity contribution is -0.128. The third kappa shape index (κ3) is 3.21. The van der Waals surface area contributed by atoms with Gasteiger partial charge >= 0.3 is 5.97 Å². The molecule has 3 aromatic carbocycles. The average Bonchev–Trinajstić information content (AvgIpc) is 3.30. The third-order valence-corrected chi connectivity index (χ3v) is 5.74. The van der Waals surface area contributed by atoms with Crippen LogP contribution in [0.25, 0.3) is 11.1 Å². The smallest absolute Gasteiger partial charge is 0.339 e. The summed E-state index contributed by atoms with van der Waals surface area (Å²) in [7, 11) is 0. The van der Waals surface area contributed by atoms with E-state index in [2.05, 4.69) is 12.1 Å². The Morgan fingerprint density at radius 1 is 0.897 bits per heavy atom. The summed E-state index contributed by atoms with van der Waals surface area (Å²) in [5.74, 6) is -0.141. The first-order valence-electron chi connectivity index (χ1n) is 9.96. The molecule has 1 fully saturated rings. The predicted molar refractivity (Wildman–Crippen MR) is 110 cm³/mol. The van der Waals surface area contributed by atoms with Gasteiger partial charge in [-0.3, -0.25) is 4.79 Å². The molecule has 1 amide bonds. The van der Waals surface area contributed by atoms with Crippen molar-refractivity contribution in [3.8, 4) is 11.1 Å². The van der Waals surface area contributed by atoms with Crippen molar-refractivity contribution in [1.82, 2.24) is 4.90 Å². The van der Waals surface area contributed by atoms with Gasteiger partial charge in [0, 0.05) is 30.6 Å². The highest BCUT2D eigenvalue weighted by molar-refractivity contribution is 5.90. The van der Waals surface area contributed by atoms with Crippen LogP contribution in [-0.2, 0) is 16.1 Å². The predicted octanol–water partition coefficient (Wildman–Crippen LogP) is 4.74. The minimum Gasteiger partial charge on any atom is -0.449 e. The van der Waals surface area contributed by atoms with Gasteiger partial charge < -0.3 is 9.64 Å². The first kappa shape index (κ1) is 17.7. The molecule has 0 saturated carbocycles. The molecule has 3 aromatic rings. The molecule has 1 saturated heterocycles. The maximum Gasteiger partial charge on any atom is 0.339 e. The van der Waals surface area contributed by atoms with Crippen molar-refractivity contribution in [1.29, 1.82) is 0 Å². The number of nitrogens with zero attached hydrogens (tertiary/aromatic N) is 1. The zero-order chi connectivity index (χ0) is 19.8. The highest BCUT2D eigenvalue weighted by Gasteiger charge is 2.31. The number of likely N-dealkylation sites (tertiary alicyclic amines) is 1. The number of amides is 1. The molecule has 1 heterocycles. The Kier molecular flexibility index (Phi) is 4.39. The van der Waals surface area contributed by atoms with Gasteiger partial charge in [-0.15, -0.1) is 0 Å². The van der Waals surface area contributed by atoms with Crippen molar-refractivity contribution in [2.24, 2.45) is 0 Å². The lowest BCUT2D eigenvalue weighted by Crippen LogP contribution is -2.23.